The van der Waals surface area contributed by atoms with Crippen LogP contribution in [0.15, 0.2) is 85.1 Å². The van der Waals surface area contributed by atoms with Crippen LogP contribution in [0.25, 0.3) is 10.4 Å². The van der Waals surface area contributed by atoms with Gasteiger partial charge in [0.05, 0.1) is 16.3 Å². The summed E-state index contributed by atoms with van der Waals surface area (Å²) in [6, 6.07) is 23.1. The maximum atomic E-state index is 14.2. The molecule has 1 atom stereocenters. The Morgan fingerprint density at radius 1 is 1.02 bits per heavy atom. The first-order valence-electron chi connectivity index (χ1n) is 17.1. The van der Waals surface area contributed by atoms with E-state index in [-0.39, 0.29) is 22.9 Å². The van der Waals surface area contributed by atoms with Crippen molar-refractivity contribution in [3.63, 3.8) is 0 Å². The molecule has 0 bridgehead atoms. The van der Waals surface area contributed by atoms with E-state index in [0.717, 1.165) is 66.5 Å². The van der Waals surface area contributed by atoms with Crippen molar-refractivity contribution < 1.29 is 23.8 Å². The molecule has 12 heteroatoms. The van der Waals surface area contributed by atoms with Crippen LogP contribution in [0.2, 0.25) is 0 Å². The van der Waals surface area contributed by atoms with E-state index >= 15 is 0 Å². The molecule has 3 aliphatic heterocycles. The number of aromatic nitrogens is 2. The molecule has 6 heterocycles. The van der Waals surface area contributed by atoms with Crippen molar-refractivity contribution in [3.8, 4) is 10.4 Å². The summed E-state index contributed by atoms with van der Waals surface area (Å²) < 4.78 is 19.8. The number of hydrogen-bond donors (Lipinski definition) is 3. The SMILES string of the molecule is Cc1ccc(C(=O)Nc2ccc(C(=O)N3CCc4cc(NC(O)c5ncccc5F)sc4-c4ccccc43)cc2)c(N2CC3(CCOCC3)C2)n1. The number of carbonyl (C=O) groups is 2. The van der Waals surface area contributed by atoms with Gasteiger partial charge in [0.25, 0.3) is 11.8 Å². The van der Waals surface area contributed by atoms with Crippen LogP contribution in [-0.4, -0.2) is 59.7 Å². The largest absolute Gasteiger partial charge is 0.381 e. The summed E-state index contributed by atoms with van der Waals surface area (Å²) in [6.45, 7) is 5.66. The number of para-hydroxylation sites is 1. The smallest absolute Gasteiger partial charge is 0.259 e. The summed E-state index contributed by atoms with van der Waals surface area (Å²) in [7, 11) is 0. The van der Waals surface area contributed by atoms with Gasteiger partial charge in [-0.15, -0.1) is 11.3 Å². The minimum atomic E-state index is -1.31. The second kappa shape index (κ2) is 13.5. The Morgan fingerprint density at radius 3 is 2.59 bits per heavy atom. The molecule has 260 valence electrons. The third-order valence-electron chi connectivity index (χ3n) is 9.98. The Labute approximate surface area is 298 Å². The van der Waals surface area contributed by atoms with Gasteiger partial charge in [-0.3, -0.25) is 14.6 Å². The summed E-state index contributed by atoms with van der Waals surface area (Å²) in [5.74, 6) is -0.289. The van der Waals surface area contributed by atoms with Gasteiger partial charge in [0.1, 0.15) is 17.3 Å². The highest BCUT2D eigenvalue weighted by Gasteiger charge is 2.45. The number of aliphatic hydroxyl groups is 1. The minimum absolute atomic E-state index is 0.0731. The maximum Gasteiger partial charge on any atom is 0.259 e. The van der Waals surface area contributed by atoms with Gasteiger partial charge < -0.3 is 30.3 Å². The number of nitrogens with zero attached hydrogens (tertiary/aromatic N) is 4. The van der Waals surface area contributed by atoms with Crippen molar-refractivity contribution >= 4 is 45.3 Å². The molecule has 1 spiro atoms. The first-order chi connectivity index (χ1) is 24.8. The summed E-state index contributed by atoms with van der Waals surface area (Å²) in [5, 5.41) is 17.3. The molecular formula is C39H37FN6O4S. The fraction of sp³-hybridized carbons (Fsp3) is 0.282. The summed E-state index contributed by atoms with van der Waals surface area (Å²) >= 11 is 1.44. The van der Waals surface area contributed by atoms with Crippen LogP contribution in [0.1, 0.15) is 56.7 Å². The van der Waals surface area contributed by atoms with E-state index in [1.165, 1.54) is 29.7 Å². The number of benzene rings is 2. The number of rotatable bonds is 7. The quantitative estimate of drug-likeness (QED) is 0.158. The average molecular weight is 705 g/mol. The lowest BCUT2D eigenvalue weighted by atomic mass is 9.73. The van der Waals surface area contributed by atoms with Crippen molar-refractivity contribution in [1.82, 2.24) is 9.97 Å². The highest BCUT2D eigenvalue weighted by Crippen LogP contribution is 2.45. The Bertz CT molecular complexity index is 2110. The van der Waals surface area contributed by atoms with E-state index in [4.69, 9.17) is 9.72 Å². The maximum absolute atomic E-state index is 14.2. The summed E-state index contributed by atoms with van der Waals surface area (Å²) in [5.41, 5.74) is 5.31. The van der Waals surface area contributed by atoms with E-state index in [1.807, 2.05) is 49.4 Å². The molecule has 1 unspecified atom stereocenters. The number of hydrogen-bond acceptors (Lipinski definition) is 9. The Kier molecular flexibility index (Phi) is 8.74. The van der Waals surface area contributed by atoms with Crippen LogP contribution < -0.4 is 20.4 Å². The molecule has 10 nitrogen and oxygen atoms in total. The Hall–Kier alpha value is -5.17. The lowest BCUT2D eigenvalue weighted by Crippen LogP contribution is -2.59. The molecule has 2 fully saturated rings. The predicted octanol–water partition coefficient (Wildman–Crippen LogP) is 6.83. The molecule has 3 N–H and O–H groups in total. The van der Waals surface area contributed by atoms with Crippen molar-refractivity contribution in [2.24, 2.45) is 5.41 Å². The Morgan fingerprint density at radius 2 is 1.80 bits per heavy atom. The van der Waals surface area contributed by atoms with Crippen LogP contribution in [0, 0.1) is 18.2 Å². The number of fused-ring (bicyclic) bond motifs is 3. The first kappa shape index (κ1) is 33.0. The molecule has 2 saturated heterocycles. The molecule has 8 rings (SSSR count). The van der Waals surface area contributed by atoms with E-state index in [9.17, 15) is 19.1 Å². The number of ether oxygens (including phenoxy) is 1. The second-order valence-corrected chi connectivity index (χ2v) is 14.5. The molecule has 3 aromatic heterocycles. The van der Waals surface area contributed by atoms with Crippen LogP contribution in [0.4, 0.5) is 26.6 Å². The topological polar surface area (TPSA) is 120 Å². The third kappa shape index (κ3) is 6.46. The van der Waals surface area contributed by atoms with Gasteiger partial charge in [0, 0.05) is 71.8 Å². The van der Waals surface area contributed by atoms with E-state index in [0.29, 0.717) is 40.6 Å². The third-order valence-corrected chi connectivity index (χ3v) is 11.1. The number of aryl methyl sites for hydroxylation is 1. The zero-order valence-corrected chi connectivity index (χ0v) is 28.9. The fourth-order valence-corrected chi connectivity index (χ4v) is 8.39. The van der Waals surface area contributed by atoms with E-state index in [1.54, 1.807) is 29.2 Å². The van der Waals surface area contributed by atoms with Crippen LogP contribution in [0.5, 0.6) is 0 Å². The van der Waals surface area contributed by atoms with Crippen LogP contribution in [0.3, 0.4) is 0 Å². The summed E-state index contributed by atoms with van der Waals surface area (Å²) in [6.07, 6.45) is 2.76. The number of pyridine rings is 2. The number of aliphatic hydroxyl groups excluding tert-OH is 1. The van der Waals surface area contributed by atoms with Crippen molar-refractivity contribution in [1.29, 1.82) is 0 Å². The molecular weight excluding hydrogens is 668 g/mol. The number of halogens is 1. The second-order valence-electron chi connectivity index (χ2n) is 13.4. The zero-order chi connectivity index (χ0) is 35.1. The highest BCUT2D eigenvalue weighted by molar-refractivity contribution is 7.19. The normalized spacial score (nSPS) is 16.8. The molecule has 3 aliphatic rings. The van der Waals surface area contributed by atoms with E-state index in [2.05, 4.69) is 20.5 Å². The number of nitrogens with one attached hydrogen (secondary N) is 2. The van der Waals surface area contributed by atoms with Crippen molar-refractivity contribution in [2.75, 3.05) is 53.3 Å². The summed E-state index contributed by atoms with van der Waals surface area (Å²) in [4.78, 5) is 41.2. The van der Waals surface area contributed by atoms with Gasteiger partial charge in [0.2, 0.25) is 0 Å². The zero-order valence-electron chi connectivity index (χ0n) is 28.1. The van der Waals surface area contributed by atoms with Gasteiger partial charge in [-0.1, -0.05) is 18.2 Å². The van der Waals surface area contributed by atoms with Gasteiger partial charge >= 0.3 is 0 Å². The van der Waals surface area contributed by atoms with Gasteiger partial charge in [-0.05, 0) is 92.4 Å². The standard InChI is InChI=1S/C39H37FN6O4S/c1-24-8-13-29(35(42-24)45-22-39(23-45)15-19-50-20-16-39)36(47)43-27-11-9-25(10-12-27)38(49)46-18-14-26-21-32(44-37(48)33-30(40)6-4-17-41-33)51-34(26)28-5-2-3-7-31(28)46/h2-13,17,21,37,44,48H,14-16,18-20,22-23H2,1H3,(H,43,47). The lowest BCUT2D eigenvalue weighted by molar-refractivity contribution is -0.000518. The molecule has 2 aromatic carbocycles. The molecule has 0 radical (unpaired) electrons. The Balaban J connectivity index is 0.967. The molecule has 0 saturated carbocycles. The van der Waals surface area contributed by atoms with Crippen LogP contribution >= 0.6 is 11.3 Å². The molecule has 5 aromatic rings. The molecule has 0 aliphatic carbocycles. The van der Waals surface area contributed by atoms with Crippen LogP contribution in [-0.2, 0) is 11.2 Å². The number of thiophene rings is 1. The molecule has 51 heavy (non-hydrogen) atoms. The minimum Gasteiger partial charge on any atom is -0.381 e. The van der Waals surface area contributed by atoms with E-state index < -0.39 is 12.0 Å². The predicted molar refractivity (Wildman–Crippen MR) is 196 cm³/mol. The highest BCUT2D eigenvalue weighted by atomic mass is 32.1. The number of amides is 2. The van der Waals surface area contributed by atoms with Gasteiger partial charge in [-0.25, -0.2) is 9.37 Å². The first-order valence-corrected chi connectivity index (χ1v) is 17.9. The van der Waals surface area contributed by atoms with Crippen molar-refractivity contribution in [2.45, 2.75) is 32.4 Å². The monoisotopic (exact) mass is 704 g/mol. The average Bonchev–Trinajstić information content (AvgIpc) is 3.46. The van der Waals surface area contributed by atoms with Crippen molar-refractivity contribution in [3.05, 3.63) is 119 Å². The fourth-order valence-electron chi connectivity index (χ4n) is 7.23. The molecule has 2 amide bonds. The number of anilines is 4. The van der Waals surface area contributed by atoms with Gasteiger partial charge in [-0.2, -0.15) is 0 Å². The van der Waals surface area contributed by atoms with Gasteiger partial charge in [0.15, 0.2) is 6.23 Å². The lowest BCUT2D eigenvalue weighted by Gasteiger charge is -2.53. The number of carbonyl (C=O) groups excluding carboxylic acids is 2.